The summed E-state index contributed by atoms with van der Waals surface area (Å²) in [4.78, 5) is 7.22. The third-order valence-electron chi connectivity index (χ3n) is 2.45. The first-order chi connectivity index (χ1) is 8.35. The van der Waals surface area contributed by atoms with Gasteiger partial charge in [0.2, 0.25) is 0 Å². The minimum Gasteiger partial charge on any atom is -0.307 e. The maximum Gasteiger partial charge on any atom is 0.133 e. The van der Waals surface area contributed by atoms with Crippen LogP contribution in [0.1, 0.15) is 31.3 Å². The van der Waals surface area contributed by atoms with Gasteiger partial charge in [-0.05, 0) is 49.7 Å². The summed E-state index contributed by atoms with van der Waals surface area (Å²) in [5, 5.41) is 6.73. The van der Waals surface area contributed by atoms with Gasteiger partial charge >= 0.3 is 0 Å². The molecular formula is C13H17BrN2S2. The number of hydrogen-bond donors (Lipinski definition) is 1. The second-order valence-corrected chi connectivity index (χ2v) is 8.17. The molecule has 0 aliphatic heterocycles. The smallest absolute Gasteiger partial charge is 0.133 e. The summed E-state index contributed by atoms with van der Waals surface area (Å²) in [6, 6.07) is 2.13. The molecule has 0 fully saturated rings. The van der Waals surface area contributed by atoms with E-state index in [1.54, 1.807) is 22.7 Å². The first-order valence-corrected chi connectivity index (χ1v) is 8.30. The third-order valence-corrected chi connectivity index (χ3v) is 5.47. The molecule has 0 aliphatic rings. The number of rotatable bonds is 3. The second-order valence-electron chi connectivity index (χ2n) is 5.26. The van der Waals surface area contributed by atoms with Gasteiger partial charge in [-0.15, -0.1) is 22.7 Å². The molecule has 5 heteroatoms. The highest BCUT2D eigenvalue weighted by Gasteiger charge is 2.14. The fourth-order valence-electron chi connectivity index (χ4n) is 1.47. The lowest BCUT2D eigenvalue weighted by Crippen LogP contribution is -2.34. The van der Waals surface area contributed by atoms with Crippen LogP contribution in [0.25, 0.3) is 9.88 Å². The summed E-state index contributed by atoms with van der Waals surface area (Å²) in [6.45, 7) is 9.52. The van der Waals surface area contributed by atoms with Crippen LogP contribution in [0.5, 0.6) is 0 Å². The first kappa shape index (κ1) is 14.2. The zero-order valence-corrected chi connectivity index (χ0v) is 14.2. The van der Waals surface area contributed by atoms with Gasteiger partial charge in [0.1, 0.15) is 5.01 Å². The van der Waals surface area contributed by atoms with E-state index in [2.05, 4.69) is 65.4 Å². The van der Waals surface area contributed by atoms with Crippen LogP contribution < -0.4 is 5.32 Å². The number of nitrogens with zero attached hydrogens (tertiary/aromatic N) is 1. The topological polar surface area (TPSA) is 24.9 Å². The van der Waals surface area contributed by atoms with Gasteiger partial charge in [-0.1, -0.05) is 0 Å². The van der Waals surface area contributed by atoms with Crippen LogP contribution in [0.4, 0.5) is 0 Å². The van der Waals surface area contributed by atoms with Crippen LogP contribution in [-0.2, 0) is 6.54 Å². The Kier molecular flexibility index (Phi) is 4.26. The number of halogens is 1. The number of thiophene rings is 1. The number of nitrogens with one attached hydrogen (secondary N) is 1. The van der Waals surface area contributed by atoms with Crippen molar-refractivity contribution < 1.29 is 0 Å². The average molecular weight is 345 g/mol. The summed E-state index contributed by atoms with van der Waals surface area (Å²) >= 11 is 7.00. The highest BCUT2D eigenvalue weighted by atomic mass is 79.9. The Morgan fingerprint density at radius 2 is 2.11 bits per heavy atom. The Labute approximate surface area is 125 Å². The second kappa shape index (κ2) is 5.41. The van der Waals surface area contributed by atoms with Crippen molar-refractivity contribution in [3.8, 4) is 9.88 Å². The van der Waals surface area contributed by atoms with E-state index in [1.165, 1.54) is 9.75 Å². The van der Waals surface area contributed by atoms with E-state index < -0.39 is 0 Å². The van der Waals surface area contributed by atoms with Gasteiger partial charge in [0.25, 0.3) is 0 Å². The van der Waals surface area contributed by atoms with Crippen LogP contribution in [0, 0.1) is 6.92 Å². The molecule has 0 radical (unpaired) electrons. The molecule has 0 unspecified atom stereocenters. The van der Waals surface area contributed by atoms with Crippen molar-refractivity contribution in [3.05, 3.63) is 26.5 Å². The van der Waals surface area contributed by atoms with Gasteiger partial charge in [0.05, 0.1) is 10.6 Å². The first-order valence-electron chi connectivity index (χ1n) is 5.81. The Morgan fingerprint density at radius 3 is 2.67 bits per heavy atom. The van der Waals surface area contributed by atoms with Crippen molar-refractivity contribution in [1.29, 1.82) is 0 Å². The van der Waals surface area contributed by atoms with E-state index in [0.717, 1.165) is 21.7 Å². The highest BCUT2D eigenvalue weighted by molar-refractivity contribution is 9.10. The van der Waals surface area contributed by atoms with Gasteiger partial charge in [0.15, 0.2) is 0 Å². The van der Waals surface area contributed by atoms with Gasteiger partial charge in [-0.2, -0.15) is 0 Å². The predicted molar refractivity (Wildman–Crippen MR) is 84.5 cm³/mol. The van der Waals surface area contributed by atoms with E-state index in [9.17, 15) is 0 Å². The van der Waals surface area contributed by atoms with Crippen LogP contribution in [0.3, 0.4) is 0 Å². The van der Waals surface area contributed by atoms with Crippen LogP contribution >= 0.6 is 38.6 Å². The zero-order chi connectivity index (χ0) is 13.3. The summed E-state index contributed by atoms with van der Waals surface area (Å²) in [5.41, 5.74) is 1.28. The molecule has 2 rings (SSSR count). The maximum atomic E-state index is 4.66. The summed E-state index contributed by atoms with van der Waals surface area (Å²) < 4.78 is 1.13. The molecular weight excluding hydrogens is 328 g/mol. The largest absolute Gasteiger partial charge is 0.307 e. The molecule has 2 nitrogen and oxygen atoms in total. The number of thiazole rings is 1. The molecule has 2 heterocycles. The van der Waals surface area contributed by atoms with Crippen molar-refractivity contribution in [3.63, 3.8) is 0 Å². The minimum atomic E-state index is 0.141. The number of aryl methyl sites for hydroxylation is 1. The molecule has 18 heavy (non-hydrogen) atoms. The maximum absolute atomic E-state index is 4.66. The van der Waals surface area contributed by atoms with Gasteiger partial charge in [0, 0.05) is 26.8 Å². The van der Waals surface area contributed by atoms with Crippen molar-refractivity contribution in [2.24, 2.45) is 0 Å². The molecule has 0 aliphatic carbocycles. The molecule has 0 bridgehead atoms. The van der Waals surface area contributed by atoms with E-state index in [4.69, 9.17) is 0 Å². The van der Waals surface area contributed by atoms with Crippen molar-refractivity contribution in [2.75, 3.05) is 0 Å². The molecule has 0 atom stereocenters. The molecule has 2 aromatic heterocycles. The van der Waals surface area contributed by atoms with E-state index >= 15 is 0 Å². The van der Waals surface area contributed by atoms with Gasteiger partial charge in [-0.25, -0.2) is 4.98 Å². The average Bonchev–Trinajstić information content (AvgIpc) is 2.81. The molecule has 0 saturated carbocycles. The molecule has 98 valence electrons. The Morgan fingerprint density at radius 1 is 1.39 bits per heavy atom. The molecule has 0 saturated heterocycles. The monoisotopic (exact) mass is 344 g/mol. The normalized spacial score (nSPS) is 12.1. The zero-order valence-electron chi connectivity index (χ0n) is 11.0. The molecule has 0 amide bonds. The molecule has 0 aromatic carbocycles. The van der Waals surface area contributed by atoms with E-state index in [-0.39, 0.29) is 5.54 Å². The predicted octanol–water partition coefficient (Wildman–Crippen LogP) is 4.83. The van der Waals surface area contributed by atoms with Crippen LogP contribution in [0.15, 0.2) is 15.9 Å². The highest BCUT2D eigenvalue weighted by Crippen LogP contribution is 2.34. The van der Waals surface area contributed by atoms with Crippen molar-refractivity contribution in [2.45, 2.75) is 39.8 Å². The van der Waals surface area contributed by atoms with Gasteiger partial charge in [-0.3, -0.25) is 0 Å². The lowest BCUT2D eigenvalue weighted by molar-refractivity contribution is 0.425. The summed E-state index contributed by atoms with van der Waals surface area (Å²) in [7, 11) is 0. The molecule has 2 aromatic rings. The Balaban J connectivity index is 2.17. The van der Waals surface area contributed by atoms with Crippen LogP contribution in [0.2, 0.25) is 0 Å². The fourth-order valence-corrected chi connectivity index (χ4v) is 3.96. The molecule has 1 N–H and O–H groups in total. The van der Waals surface area contributed by atoms with Gasteiger partial charge < -0.3 is 5.32 Å². The number of aromatic nitrogens is 1. The van der Waals surface area contributed by atoms with Crippen molar-refractivity contribution in [1.82, 2.24) is 10.3 Å². The SMILES string of the molecule is Cc1nc(-c2cc(Br)cs2)sc1CNC(C)(C)C. The summed E-state index contributed by atoms with van der Waals surface area (Å²) in [6.07, 6.45) is 0. The van der Waals surface area contributed by atoms with Crippen molar-refractivity contribution >= 4 is 38.6 Å². The quantitative estimate of drug-likeness (QED) is 0.862. The fraction of sp³-hybridized carbons (Fsp3) is 0.462. The van der Waals surface area contributed by atoms with E-state index in [1.807, 2.05) is 0 Å². The Bertz CT molecular complexity index is 537. The lowest BCUT2D eigenvalue weighted by atomic mass is 10.1. The Hall–Kier alpha value is -0.230. The van der Waals surface area contributed by atoms with Crippen LogP contribution in [-0.4, -0.2) is 10.5 Å². The lowest BCUT2D eigenvalue weighted by Gasteiger charge is -2.19. The number of hydrogen-bond acceptors (Lipinski definition) is 4. The molecule has 0 spiro atoms. The third kappa shape index (κ3) is 3.63. The summed E-state index contributed by atoms with van der Waals surface area (Å²) in [5.74, 6) is 0. The minimum absolute atomic E-state index is 0.141. The standard InChI is InChI=1S/C13H17BrN2S2/c1-8-11(6-15-13(2,3)4)18-12(16-8)10-5-9(14)7-17-10/h5,7,15H,6H2,1-4H3. The van der Waals surface area contributed by atoms with E-state index in [0.29, 0.717) is 0 Å².